The monoisotopic (exact) mass is 232 g/mol. The number of carbonyl (C=O) groups excluding carboxylic acids is 1. The van der Waals surface area contributed by atoms with E-state index in [4.69, 9.17) is 5.26 Å². The fourth-order valence-electron chi connectivity index (χ4n) is 1.84. The minimum absolute atomic E-state index is 0.148. The van der Waals surface area contributed by atoms with Crippen LogP contribution in [-0.2, 0) is 6.54 Å². The molecular weight excluding hydrogens is 220 g/mol. The van der Waals surface area contributed by atoms with Gasteiger partial charge in [0.2, 0.25) is 0 Å². The van der Waals surface area contributed by atoms with E-state index >= 15 is 0 Å². The van der Waals surface area contributed by atoms with E-state index in [0.717, 1.165) is 5.56 Å². The molecule has 0 radical (unpaired) electrons. The molecule has 1 amide bonds. The number of amides is 1. The highest BCUT2D eigenvalue weighted by Crippen LogP contribution is 2.24. The first-order chi connectivity index (χ1) is 8.13. The van der Waals surface area contributed by atoms with Crippen molar-refractivity contribution in [1.82, 2.24) is 5.32 Å². The van der Waals surface area contributed by atoms with Crippen molar-refractivity contribution in [3.05, 3.63) is 34.9 Å². The van der Waals surface area contributed by atoms with Crippen LogP contribution < -0.4 is 5.32 Å². The molecular formula is C12H12N2O3. The SMILES string of the molecule is N#CCC(O)C(O)c1ccc2c(c1)C(=O)NC2. The molecule has 0 aromatic heterocycles. The summed E-state index contributed by atoms with van der Waals surface area (Å²) in [7, 11) is 0. The molecule has 3 N–H and O–H groups in total. The Kier molecular flexibility index (Phi) is 3.09. The zero-order valence-corrected chi connectivity index (χ0v) is 9.05. The van der Waals surface area contributed by atoms with Gasteiger partial charge in [-0.05, 0) is 17.2 Å². The number of hydrogen-bond acceptors (Lipinski definition) is 4. The third kappa shape index (κ3) is 2.13. The molecule has 0 fully saturated rings. The number of rotatable bonds is 3. The Morgan fingerprint density at radius 2 is 2.24 bits per heavy atom. The number of nitriles is 1. The molecule has 0 saturated heterocycles. The van der Waals surface area contributed by atoms with Crippen molar-refractivity contribution < 1.29 is 15.0 Å². The Bertz CT molecular complexity index is 493. The van der Waals surface area contributed by atoms with E-state index in [1.807, 2.05) is 0 Å². The van der Waals surface area contributed by atoms with Gasteiger partial charge in [0, 0.05) is 12.1 Å². The molecule has 0 aliphatic carbocycles. The standard InChI is InChI=1S/C12H12N2O3/c13-4-3-10(15)11(16)7-1-2-8-6-14-12(17)9(8)5-7/h1-2,5,10-11,15-16H,3,6H2,(H,14,17). The predicted octanol–water partition coefficient (Wildman–Crippen LogP) is 0.238. The first-order valence-electron chi connectivity index (χ1n) is 5.27. The third-order valence-electron chi connectivity index (χ3n) is 2.82. The zero-order chi connectivity index (χ0) is 12.4. The molecule has 2 rings (SSSR count). The first-order valence-corrected chi connectivity index (χ1v) is 5.27. The summed E-state index contributed by atoms with van der Waals surface area (Å²) in [5, 5.41) is 30.4. The second-order valence-corrected chi connectivity index (χ2v) is 3.97. The lowest BCUT2D eigenvalue weighted by Gasteiger charge is -2.16. The van der Waals surface area contributed by atoms with Crippen LogP contribution in [0.3, 0.4) is 0 Å². The molecule has 5 heteroatoms. The molecule has 1 aromatic carbocycles. The van der Waals surface area contributed by atoms with E-state index in [-0.39, 0.29) is 12.3 Å². The van der Waals surface area contributed by atoms with Crippen LogP contribution in [0, 0.1) is 11.3 Å². The Morgan fingerprint density at radius 1 is 1.47 bits per heavy atom. The van der Waals surface area contributed by atoms with Crippen LogP contribution in [-0.4, -0.2) is 22.2 Å². The van der Waals surface area contributed by atoms with E-state index < -0.39 is 12.2 Å². The van der Waals surface area contributed by atoms with Crippen LogP contribution in [0.1, 0.15) is 34.0 Å². The molecule has 1 aromatic rings. The molecule has 0 spiro atoms. The van der Waals surface area contributed by atoms with E-state index in [2.05, 4.69) is 5.32 Å². The van der Waals surface area contributed by atoms with Gasteiger partial charge in [-0.25, -0.2) is 0 Å². The molecule has 5 nitrogen and oxygen atoms in total. The minimum Gasteiger partial charge on any atom is -0.389 e. The lowest BCUT2D eigenvalue weighted by molar-refractivity contribution is 0.0216. The highest BCUT2D eigenvalue weighted by atomic mass is 16.3. The van der Waals surface area contributed by atoms with Gasteiger partial charge in [-0.2, -0.15) is 5.26 Å². The Labute approximate surface area is 98.3 Å². The molecule has 1 aliphatic rings. The van der Waals surface area contributed by atoms with Crippen LogP contribution in [0.15, 0.2) is 18.2 Å². The summed E-state index contributed by atoms with van der Waals surface area (Å²) in [6.45, 7) is 0.491. The van der Waals surface area contributed by atoms with Gasteiger partial charge in [0.1, 0.15) is 6.10 Å². The van der Waals surface area contributed by atoms with Crippen molar-refractivity contribution in [3.63, 3.8) is 0 Å². The van der Waals surface area contributed by atoms with Crippen LogP contribution in [0.25, 0.3) is 0 Å². The maximum absolute atomic E-state index is 11.4. The number of fused-ring (bicyclic) bond motifs is 1. The maximum atomic E-state index is 11.4. The molecule has 2 unspecified atom stereocenters. The van der Waals surface area contributed by atoms with Crippen molar-refractivity contribution in [2.24, 2.45) is 0 Å². The van der Waals surface area contributed by atoms with E-state index in [1.54, 1.807) is 24.3 Å². The number of aliphatic hydroxyl groups is 2. The Morgan fingerprint density at radius 3 is 2.94 bits per heavy atom. The van der Waals surface area contributed by atoms with Gasteiger partial charge in [-0.1, -0.05) is 12.1 Å². The van der Waals surface area contributed by atoms with Crippen LogP contribution in [0.5, 0.6) is 0 Å². The second kappa shape index (κ2) is 4.53. The predicted molar refractivity (Wildman–Crippen MR) is 58.8 cm³/mol. The van der Waals surface area contributed by atoms with Crippen molar-refractivity contribution >= 4 is 5.91 Å². The van der Waals surface area contributed by atoms with Crippen molar-refractivity contribution in [1.29, 1.82) is 5.26 Å². The normalized spacial score (nSPS) is 16.9. The molecule has 1 heterocycles. The summed E-state index contributed by atoms with van der Waals surface area (Å²) in [6.07, 6.45) is -2.43. The summed E-state index contributed by atoms with van der Waals surface area (Å²) in [5.74, 6) is -0.177. The van der Waals surface area contributed by atoms with Crippen molar-refractivity contribution in [2.45, 2.75) is 25.2 Å². The average Bonchev–Trinajstić information content (AvgIpc) is 2.70. The summed E-state index contributed by atoms with van der Waals surface area (Å²) in [6, 6.07) is 6.75. The number of carbonyl (C=O) groups is 1. The van der Waals surface area contributed by atoms with Crippen LogP contribution in [0.4, 0.5) is 0 Å². The quantitative estimate of drug-likeness (QED) is 0.695. The summed E-state index contributed by atoms with van der Waals surface area (Å²) in [5.41, 5.74) is 1.84. The molecule has 0 bridgehead atoms. The molecule has 2 atom stereocenters. The highest BCUT2D eigenvalue weighted by molar-refractivity contribution is 5.98. The lowest BCUT2D eigenvalue weighted by atomic mass is 9.98. The fraction of sp³-hybridized carbons (Fsp3) is 0.333. The van der Waals surface area contributed by atoms with Gasteiger partial charge in [0.15, 0.2) is 0 Å². The largest absolute Gasteiger partial charge is 0.389 e. The van der Waals surface area contributed by atoms with Gasteiger partial charge in [-0.15, -0.1) is 0 Å². The molecule has 88 valence electrons. The van der Waals surface area contributed by atoms with Gasteiger partial charge in [0.05, 0.1) is 18.6 Å². The average molecular weight is 232 g/mol. The summed E-state index contributed by atoms with van der Waals surface area (Å²) >= 11 is 0. The number of nitrogens with one attached hydrogen (secondary N) is 1. The zero-order valence-electron chi connectivity index (χ0n) is 9.05. The second-order valence-electron chi connectivity index (χ2n) is 3.97. The lowest BCUT2D eigenvalue weighted by Crippen LogP contribution is -2.18. The van der Waals surface area contributed by atoms with E-state index in [0.29, 0.717) is 17.7 Å². The molecule has 0 saturated carbocycles. The van der Waals surface area contributed by atoms with Gasteiger partial charge in [0.25, 0.3) is 5.91 Å². The topological polar surface area (TPSA) is 93.3 Å². The number of hydrogen-bond donors (Lipinski definition) is 3. The van der Waals surface area contributed by atoms with E-state index in [9.17, 15) is 15.0 Å². The van der Waals surface area contributed by atoms with Gasteiger partial charge < -0.3 is 15.5 Å². The van der Waals surface area contributed by atoms with Gasteiger partial charge >= 0.3 is 0 Å². The van der Waals surface area contributed by atoms with Crippen LogP contribution >= 0.6 is 0 Å². The van der Waals surface area contributed by atoms with E-state index in [1.165, 1.54) is 0 Å². The summed E-state index contributed by atoms with van der Waals surface area (Å²) < 4.78 is 0. The van der Waals surface area contributed by atoms with Crippen molar-refractivity contribution in [3.8, 4) is 6.07 Å². The van der Waals surface area contributed by atoms with Crippen molar-refractivity contribution in [2.75, 3.05) is 0 Å². The maximum Gasteiger partial charge on any atom is 0.251 e. The number of benzene rings is 1. The third-order valence-corrected chi connectivity index (χ3v) is 2.82. The Hall–Kier alpha value is -1.90. The molecule has 1 aliphatic heterocycles. The number of aliphatic hydroxyl groups excluding tert-OH is 2. The van der Waals surface area contributed by atoms with Crippen LogP contribution in [0.2, 0.25) is 0 Å². The highest BCUT2D eigenvalue weighted by Gasteiger charge is 2.23. The Balaban J connectivity index is 2.26. The smallest absolute Gasteiger partial charge is 0.251 e. The molecule has 17 heavy (non-hydrogen) atoms. The fourth-order valence-corrected chi connectivity index (χ4v) is 1.84. The van der Waals surface area contributed by atoms with Gasteiger partial charge in [-0.3, -0.25) is 4.79 Å². The summed E-state index contributed by atoms with van der Waals surface area (Å²) in [4.78, 5) is 11.4. The first kappa shape index (κ1) is 11.6. The number of nitrogens with zero attached hydrogens (tertiary/aromatic N) is 1. The minimum atomic E-state index is -1.15.